The van der Waals surface area contributed by atoms with E-state index in [4.69, 9.17) is 5.11 Å². The number of nitrogens with zero attached hydrogens (tertiary/aromatic N) is 1. The number of fused-ring (bicyclic) bond motifs is 1. The zero-order valence-corrected chi connectivity index (χ0v) is 11.6. The van der Waals surface area contributed by atoms with Crippen molar-refractivity contribution in [3.8, 4) is 0 Å². The second kappa shape index (κ2) is 4.70. The van der Waals surface area contributed by atoms with Gasteiger partial charge in [-0.1, -0.05) is 6.07 Å². The zero-order chi connectivity index (χ0) is 14.2. The fourth-order valence-electron chi connectivity index (χ4n) is 2.29. The van der Waals surface area contributed by atoms with Gasteiger partial charge in [0.15, 0.2) is 9.84 Å². The van der Waals surface area contributed by atoms with Crippen molar-refractivity contribution in [3.63, 3.8) is 0 Å². The Kier molecular flexibility index (Phi) is 3.36. The second-order valence-electron chi connectivity index (χ2n) is 4.49. The van der Waals surface area contributed by atoms with Crippen LogP contribution < -0.4 is 0 Å². The Bertz CT molecular complexity index is 743. The van der Waals surface area contributed by atoms with Crippen LogP contribution in [0.2, 0.25) is 0 Å². The maximum Gasteiger partial charge on any atom is 0.336 e. The van der Waals surface area contributed by atoms with Crippen molar-refractivity contribution in [3.05, 3.63) is 35.5 Å². The highest BCUT2D eigenvalue weighted by atomic mass is 32.2. The maximum absolute atomic E-state index is 11.4. The first-order chi connectivity index (χ1) is 8.83. The van der Waals surface area contributed by atoms with E-state index in [2.05, 4.69) is 0 Å². The smallest absolute Gasteiger partial charge is 0.336 e. The fourth-order valence-corrected chi connectivity index (χ4v) is 3.06. The summed E-state index contributed by atoms with van der Waals surface area (Å²) in [7, 11) is -3.16. The minimum absolute atomic E-state index is 0.0887. The summed E-state index contributed by atoms with van der Waals surface area (Å²) in [6.45, 7) is 2.50. The Morgan fingerprint density at radius 2 is 2.05 bits per heavy atom. The summed E-state index contributed by atoms with van der Waals surface area (Å²) in [5, 5.41) is 9.74. The zero-order valence-electron chi connectivity index (χ0n) is 10.8. The number of aromatic nitrogens is 1. The molecule has 2 aromatic rings. The highest BCUT2D eigenvalue weighted by Gasteiger charge is 2.16. The predicted molar refractivity (Wildman–Crippen MR) is 73.1 cm³/mol. The van der Waals surface area contributed by atoms with Crippen molar-refractivity contribution in [2.75, 3.05) is 6.26 Å². The SMILES string of the molecule is CCn1c(CS(C)(=O)=O)cc2c(C(=O)O)cccc21. The summed E-state index contributed by atoms with van der Waals surface area (Å²) in [6, 6.07) is 6.65. The summed E-state index contributed by atoms with van der Waals surface area (Å²) in [4.78, 5) is 11.2. The number of sulfone groups is 1. The van der Waals surface area contributed by atoms with Gasteiger partial charge in [0.25, 0.3) is 0 Å². The first kappa shape index (κ1) is 13.6. The quantitative estimate of drug-likeness (QED) is 0.928. The molecular weight excluding hydrogens is 266 g/mol. The van der Waals surface area contributed by atoms with Crippen molar-refractivity contribution in [2.45, 2.75) is 19.2 Å². The normalized spacial score (nSPS) is 11.9. The van der Waals surface area contributed by atoms with Crippen molar-refractivity contribution < 1.29 is 18.3 Å². The molecule has 0 saturated carbocycles. The van der Waals surface area contributed by atoms with Crippen LogP contribution in [0.4, 0.5) is 0 Å². The van der Waals surface area contributed by atoms with E-state index in [-0.39, 0.29) is 11.3 Å². The number of carbonyl (C=O) groups is 1. The third-order valence-corrected chi connectivity index (χ3v) is 3.81. The van der Waals surface area contributed by atoms with Gasteiger partial charge in [-0.15, -0.1) is 0 Å². The van der Waals surface area contributed by atoms with Crippen LogP contribution in [-0.4, -0.2) is 30.3 Å². The van der Waals surface area contributed by atoms with Gasteiger partial charge in [-0.3, -0.25) is 0 Å². The lowest BCUT2D eigenvalue weighted by Crippen LogP contribution is -2.07. The molecule has 19 heavy (non-hydrogen) atoms. The van der Waals surface area contributed by atoms with E-state index in [0.717, 1.165) is 5.52 Å². The minimum atomic E-state index is -3.16. The molecular formula is C13H15NO4S. The van der Waals surface area contributed by atoms with Crippen LogP contribution in [-0.2, 0) is 22.1 Å². The Balaban J connectivity index is 2.73. The van der Waals surface area contributed by atoms with Crippen molar-refractivity contribution >= 4 is 26.7 Å². The van der Waals surface area contributed by atoms with Crippen molar-refractivity contribution in [1.82, 2.24) is 4.57 Å². The Morgan fingerprint density at radius 1 is 1.37 bits per heavy atom. The third-order valence-electron chi connectivity index (χ3n) is 2.99. The van der Waals surface area contributed by atoms with E-state index in [1.807, 2.05) is 11.5 Å². The van der Waals surface area contributed by atoms with Crippen LogP contribution in [0.3, 0.4) is 0 Å². The van der Waals surface area contributed by atoms with E-state index in [1.165, 1.54) is 12.3 Å². The largest absolute Gasteiger partial charge is 0.478 e. The van der Waals surface area contributed by atoms with Crippen LogP contribution in [0, 0.1) is 0 Å². The standard InChI is InChI=1S/C13H15NO4S/c1-3-14-9(8-19(2,17)18)7-11-10(13(15)16)5-4-6-12(11)14/h4-7H,3,8H2,1-2H3,(H,15,16). The molecule has 0 unspecified atom stereocenters. The van der Waals surface area contributed by atoms with Gasteiger partial charge in [-0.2, -0.15) is 0 Å². The molecule has 0 saturated heterocycles. The van der Waals surface area contributed by atoms with Gasteiger partial charge in [-0.05, 0) is 25.1 Å². The van der Waals surface area contributed by atoms with E-state index in [0.29, 0.717) is 17.6 Å². The summed E-state index contributed by atoms with van der Waals surface area (Å²) in [5.41, 5.74) is 1.56. The minimum Gasteiger partial charge on any atom is -0.478 e. The summed E-state index contributed by atoms with van der Waals surface area (Å²) in [5.74, 6) is -1.10. The second-order valence-corrected chi connectivity index (χ2v) is 6.63. The first-order valence-electron chi connectivity index (χ1n) is 5.85. The molecule has 1 heterocycles. The van der Waals surface area contributed by atoms with Crippen LogP contribution in [0.5, 0.6) is 0 Å². The van der Waals surface area contributed by atoms with Crippen LogP contribution in [0.25, 0.3) is 10.9 Å². The Hall–Kier alpha value is -1.82. The summed E-state index contributed by atoms with van der Waals surface area (Å²) >= 11 is 0. The molecule has 1 N–H and O–H groups in total. The lowest BCUT2D eigenvalue weighted by molar-refractivity contribution is 0.0699. The van der Waals surface area contributed by atoms with Crippen molar-refractivity contribution in [1.29, 1.82) is 0 Å². The lowest BCUT2D eigenvalue weighted by Gasteiger charge is -2.06. The number of carboxylic acid groups (broad SMARTS) is 1. The molecule has 6 heteroatoms. The number of hydrogen-bond acceptors (Lipinski definition) is 3. The highest BCUT2D eigenvalue weighted by Crippen LogP contribution is 2.25. The van der Waals surface area contributed by atoms with Crippen molar-refractivity contribution in [2.24, 2.45) is 0 Å². The van der Waals surface area contributed by atoms with Gasteiger partial charge in [-0.25, -0.2) is 13.2 Å². The van der Waals surface area contributed by atoms with Crippen LogP contribution in [0.15, 0.2) is 24.3 Å². The van der Waals surface area contributed by atoms with Crippen LogP contribution >= 0.6 is 0 Å². The number of aromatic carboxylic acids is 1. The topological polar surface area (TPSA) is 76.4 Å². The summed E-state index contributed by atoms with van der Waals surface area (Å²) < 4.78 is 24.7. The number of carboxylic acids is 1. The molecule has 0 aliphatic carbocycles. The maximum atomic E-state index is 11.4. The van der Waals surface area contributed by atoms with E-state index in [9.17, 15) is 13.2 Å². The van der Waals surface area contributed by atoms with Gasteiger partial charge >= 0.3 is 5.97 Å². The molecule has 0 radical (unpaired) electrons. The molecule has 0 amide bonds. The summed E-state index contributed by atoms with van der Waals surface area (Å²) in [6.07, 6.45) is 1.17. The molecule has 102 valence electrons. The molecule has 0 aliphatic heterocycles. The first-order valence-corrected chi connectivity index (χ1v) is 7.91. The predicted octanol–water partition coefficient (Wildman–Crippen LogP) is 1.90. The number of aryl methyl sites for hydroxylation is 1. The van der Waals surface area contributed by atoms with E-state index >= 15 is 0 Å². The van der Waals surface area contributed by atoms with Gasteiger partial charge in [0.1, 0.15) is 0 Å². The number of benzene rings is 1. The average Bonchev–Trinajstić information content (AvgIpc) is 2.62. The molecule has 1 aromatic heterocycles. The molecule has 0 aliphatic rings. The average molecular weight is 281 g/mol. The monoisotopic (exact) mass is 281 g/mol. The number of rotatable bonds is 4. The Labute approximate surface area is 111 Å². The van der Waals surface area contributed by atoms with E-state index in [1.54, 1.807) is 18.2 Å². The molecule has 0 spiro atoms. The van der Waals surface area contributed by atoms with Gasteiger partial charge in [0.05, 0.1) is 11.3 Å². The third kappa shape index (κ3) is 2.63. The number of hydrogen-bond donors (Lipinski definition) is 1. The highest BCUT2D eigenvalue weighted by molar-refractivity contribution is 7.89. The molecule has 2 rings (SSSR count). The Morgan fingerprint density at radius 3 is 2.58 bits per heavy atom. The lowest BCUT2D eigenvalue weighted by atomic mass is 10.1. The van der Waals surface area contributed by atoms with Gasteiger partial charge in [0, 0.05) is 29.4 Å². The fraction of sp³-hybridized carbons (Fsp3) is 0.308. The van der Waals surface area contributed by atoms with E-state index < -0.39 is 15.8 Å². The van der Waals surface area contributed by atoms with Crippen LogP contribution in [0.1, 0.15) is 23.0 Å². The van der Waals surface area contributed by atoms with Gasteiger partial charge in [0.2, 0.25) is 0 Å². The molecule has 5 nitrogen and oxygen atoms in total. The molecule has 0 atom stereocenters. The molecule has 1 aromatic carbocycles. The molecule has 0 fully saturated rings. The molecule has 0 bridgehead atoms. The van der Waals surface area contributed by atoms with Gasteiger partial charge < -0.3 is 9.67 Å².